The third-order valence-corrected chi connectivity index (χ3v) is 4.11. The van der Waals surface area contributed by atoms with Crippen molar-refractivity contribution in [2.75, 3.05) is 52.9 Å². The molecule has 0 aromatic heterocycles. The van der Waals surface area contributed by atoms with Crippen molar-refractivity contribution in [1.82, 2.24) is 15.1 Å². The van der Waals surface area contributed by atoms with E-state index in [1.54, 1.807) is 4.90 Å². The van der Waals surface area contributed by atoms with Crippen LogP contribution in [0.15, 0.2) is 18.2 Å². The predicted octanol–water partition coefficient (Wildman–Crippen LogP) is 1.44. The Morgan fingerprint density at radius 3 is 2.70 bits per heavy atom. The van der Waals surface area contributed by atoms with Gasteiger partial charge in [-0.15, -0.1) is 0 Å². The van der Waals surface area contributed by atoms with E-state index in [0.717, 1.165) is 38.3 Å². The monoisotopic (exact) mass is 319 g/mol. The maximum absolute atomic E-state index is 12.3. The maximum atomic E-state index is 12.3. The molecule has 2 rings (SSSR count). The molecule has 0 radical (unpaired) electrons. The molecule has 1 aromatic carbocycles. The zero-order chi connectivity index (χ0) is 16.7. The van der Waals surface area contributed by atoms with Gasteiger partial charge in [-0.3, -0.25) is 9.69 Å². The molecule has 0 aliphatic carbocycles. The van der Waals surface area contributed by atoms with Gasteiger partial charge in [-0.2, -0.15) is 0 Å². The highest BCUT2D eigenvalue weighted by Gasteiger charge is 2.15. The van der Waals surface area contributed by atoms with Crippen LogP contribution in [0.5, 0.6) is 5.75 Å². The first-order valence-electron chi connectivity index (χ1n) is 8.43. The van der Waals surface area contributed by atoms with Crippen molar-refractivity contribution >= 4 is 5.91 Å². The number of nitrogens with zero attached hydrogens (tertiary/aromatic N) is 2. The Morgan fingerprint density at radius 1 is 1.22 bits per heavy atom. The van der Waals surface area contributed by atoms with Gasteiger partial charge in [0, 0.05) is 20.1 Å². The number of hydrogen-bond acceptors (Lipinski definition) is 4. The first kappa shape index (κ1) is 17.8. The van der Waals surface area contributed by atoms with E-state index < -0.39 is 0 Å². The standard InChI is InChI=1S/C18H29N3O2/c1-15-11-16(2)13-17(12-15)23-10-9-20(3)18(22)14-21-7-4-5-19-6-8-21/h11-13,19H,4-10,14H2,1-3H3. The number of nitrogens with one attached hydrogen (secondary N) is 1. The van der Waals surface area contributed by atoms with Gasteiger partial charge in [0.2, 0.25) is 5.91 Å². The highest BCUT2D eigenvalue weighted by atomic mass is 16.5. The molecule has 0 unspecified atom stereocenters. The molecule has 1 fully saturated rings. The third-order valence-electron chi connectivity index (χ3n) is 4.11. The number of ether oxygens (including phenoxy) is 1. The summed E-state index contributed by atoms with van der Waals surface area (Å²) in [5.74, 6) is 1.04. The summed E-state index contributed by atoms with van der Waals surface area (Å²) in [6.45, 7) is 9.70. The fourth-order valence-corrected chi connectivity index (χ4v) is 2.81. The molecule has 1 N–H and O–H groups in total. The molecule has 1 aliphatic heterocycles. The van der Waals surface area contributed by atoms with E-state index in [1.807, 2.05) is 19.2 Å². The number of rotatable bonds is 6. The predicted molar refractivity (Wildman–Crippen MR) is 93.0 cm³/mol. The van der Waals surface area contributed by atoms with Crippen LogP contribution in [-0.4, -0.2) is 68.6 Å². The lowest BCUT2D eigenvalue weighted by atomic mass is 10.1. The highest BCUT2D eigenvalue weighted by molar-refractivity contribution is 5.78. The van der Waals surface area contributed by atoms with E-state index in [4.69, 9.17) is 4.74 Å². The lowest BCUT2D eigenvalue weighted by Gasteiger charge is -2.23. The van der Waals surface area contributed by atoms with Gasteiger partial charge in [-0.05, 0) is 56.6 Å². The van der Waals surface area contributed by atoms with Crippen LogP contribution >= 0.6 is 0 Å². The van der Waals surface area contributed by atoms with Gasteiger partial charge in [-0.25, -0.2) is 0 Å². The zero-order valence-electron chi connectivity index (χ0n) is 14.6. The van der Waals surface area contributed by atoms with Gasteiger partial charge in [0.05, 0.1) is 13.1 Å². The molecule has 0 atom stereocenters. The minimum atomic E-state index is 0.163. The minimum absolute atomic E-state index is 0.163. The molecule has 0 saturated carbocycles. The molecule has 5 heteroatoms. The minimum Gasteiger partial charge on any atom is -0.492 e. The van der Waals surface area contributed by atoms with Crippen LogP contribution in [0.2, 0.25) is 0 Å². The summed E-state index contributed by atoms with van der Waals surface area (Å²) >= 11 is 0. The van der Waals surface area contributed by atoms with Crippen molar-refractivity contribution in [1.29, 1.82) is 0 Å². The fraction of sp³-hybridized carbons (Fsp3) is 0.611. The Morgan fingerprint density at radius 2 is 1.96 bits per heavy atom. The number of carbonyl (C=O) groups is 1. The van der Waals surface area contributed by atoms with E-state index in [2.05, 4.69) is 30.1 Å². The topological polar surface area (TPSA) is 44.8 Å². The van der Waals surface area contributed by atoms with Crippen molar-refractivity contribution in [3.05, 3.63) is 29.3 Å². The molecule has 0 bridgehead atoms. The second-order valence-electron chi connectivity index (χ2n) is 6.37. The summed E-state index contributed by atoms with van der Waals surface area (Å²) in [6, 6.07) is 6.18. The Hall–Kier alpha value is -1.59. The largest absolute Gasteiger partial charge is 0.492 e. The van der Waals surface area contributed by atoms with Crippen LogP contribution in [0.3, 0.4) is 0 Å². The van der Waals surface area contributed by atoms with Crippen LogP contribution in [0.4, 0.5) is 0 Å². The van der Waals surface area contributed by atoms with E-state index >= 15 is 0 Å². The zero-order valence-corrected chi connectivity index (χ0v) is 14.6. The summed E-state index contributed by atoms with van der Waals surface area (Å²) < 4.78 is 5.78. The van der Waals surface area contributed by atoms with E-state index in [9.17, 15) is 4.79 Å². The van der Waals surface area contributed by atoms with Crippen molar-refractivity contribution in [2.24, 2.45) is 0 Å². The van der Waals surface area contributed by atoms with E-state index in [-0.39, 0.29) is 5.91 Å². The molecule has 0 spiro atoms. The first-order valence-corrected chi connectivity index (χ1v) is 8.43. The molecular formula is C18H29N3O2. The number of amides is 1. The molecule has 128 valence electrons. The lowest BCUT2D eigenvalue weighted by Crippen LogP contribution is -2.41. The van der Waals surface area contributed by atoms with Gasteiger partial charge >= 0.3 is 0 Å². The normalized spacial score (nSPS) is 16.0. The van der Waals surface area contributed by atoms with Crippen LogP contribution < -0.4 is 10.1 Å². The summed E-state index contributed by atoms with van der Waals surface area (Å²) in [6.07, 6.45) is 1.10. The summed E-state index contributed by atoms with van der Waals surface area (Å²) in [5, 5.41) is 3.35. The van der Waals surface area contributed by atoms with Gasteiger partial charge < -0.3 is 15.0 Å². The van der Waals surface area contributed by atoms with E-state index in [1.165, 1.54) is 11.1 Å². The number of hydrogen-bond donors (Lipinski definition) is 1. The maximum Gasteiger partial charge on any atom is 0.236 e. The average Bonchev–Trinajstić information content (AvgIpc) is 2.74. The number of carbonyl (C=O) groups excluding carboxylic acids is 1. The van der Waals surface area contributed by atoms with Crippen molar-refractivity contribution in [2.45, 2.75) is 20.3 Å². The Bertz CT molecular complexity index is 491. The van der Waals surface area contributed by atoms with Crippen molar-refractivity contribution in [3.8, 4) is 5.75 Å². The Kier molecular flexibility index (Phi) is 6.86. The van der Waals surface area contributed by atoms with Crippen LogP contribution in [0.1, 0.15) is 17.5 Å². The van der Waals surface area contributed by atoms with Crippen LogP contribution in [-0.2, 0) is 4.79 Å². The summed E-state index contributed by atoms with van der Waals surface area (Å²) in [4.78, 5) is 16.3. The SMILES string of the molecule is Cc1cc(C)cc(OCCN(C)C(=O)CN2CCCNCC2)c1. The highest BCUT2D eigenvalue weighted by Crippen LogP contribution is 2.16. The van der Waals surface area contributed by atoms with Gasteiger partial charge in [0.15, 0.2) is 0 Å². The smallest absolute Gasteiger partial charge is 0.236 e. The Balaban J connectivity index is 1.72. The molecule has 1 saturated heterocycles. The number of benzene rings is 1. The van der Waals surface area contributed by atoms with Crippen LogP contribution in [0.25, 0.3) is 0 Å². The number of likely N-dealkylation sites (N-methyl/N-ethyl adjacent to an activating group) is 1. The average molecular weight is 319 g/mol. The summed E-state index contributed by atoms with van der Waals surface area (Å²) in [7, 11) is 1.85. The molecular weight excluding hydrogens is 290 g/mol. The fourth-order valence-electron chi connectivity index (χ4n) is 2.81. The third kappa shape index (κ3) is 6.20. The lowest BCUT2D eigenvalue weighted by molar-refractivity contribution is -0.131. The van der Waals surface area contributed by atoms with Crippen molar-refractivity contribution in [3.63, 3.8) is 0 Å². The van der Waals surface area contributed by atoms with E-state index in [0.29, 0.717) is 19.7 Å². The molecule has 1 heterocycles. The Labute approximate surface area is 139 Å². The van der Waals surface area contributed by atoms with Crippen LogP contribution in [0, 0.1) is 13.8 Å². The summed E-state index contributed by atoms with van der Waals surface area (Å²) in [5.41, 5.74) is 2.39. The second kappa shape index (κ2) is 8.89. The first-order chi connectivity index (χ1) is 11.0. The molecule has 5 nitrogen and oxygen atoms in total. The van der Waals surface area contributed by atoms with Crippen molar-refractivity contribution < 1.29 is 9.53 Å². The molecule has 1 aromatic rings. The van der Waals surface area contributed by atoms with Gasteiger partial charge in [-0.1, -0.05) is 6.07 Å². The molecule has 23 heavy (non-hydrogen) atoms. The second-order valence-corrected chi connectivity index (χ2v) is 6.37. The number of aryl methyl sites for hydroxylation is 2. The molecule has 1 amide bonds. The van der Waals surface area contributed by atoms with Gasteiger partial charge in [0.1, 0.15) is 12.4 Å². The quantitative estimate of drug-likeness (QED) is 0.862. The van der Waals surface area contributed by atoms with Gasteiger partial charge in [0.25, 0.3) is 0 Å². The molecule has 1 aliphatic rings.